The Morgan fingerprint density at radius 1 is 1.11 bits per heavy atom. The highest BCUT2D eigenvalue weighted by Gasteiger charge is 2.30. The molecule has 180 valence electrons. The van der Waals surface area contributed by atoms with Crippen LogP contribution in [0.2, 0.25) is 10.0 Å². The number of pyridine rings is 1. The maximum Gasteiger partial charge on any atom is 0.251 e. The Morgan fingerprint density at radius 2 is 1.89 bits per heavy atom. The molecule has 2 aromatic carbocycles. The minimum Gasteiger partial charge on any atom is -0.348 e. The number of guanidine groups is 1. The summed E-state index contributed by atoms with van der Waals surface area (Å²) in [6, 6.07) is 13.3. The van der Waals surface area contributed by atoms with Gasteiger partial charge in [0.05, 0.1) is 10.0 Å². The summed E-state index contributed by atoms with van der Waals surface area (Å²) in [6.07, 6.45) is 0. The van der Waals surface area contributed by atoms with Gasteiger partial charge >= 0.3 is 0 Å². The molecular weight excluding hydrogens is 492 g/mol. The van der Waals surface area contributed by atoms with E-state index in [1.165, 1.54) is 11.0 Å². The normalized spacial score (nSPS) is 13.5. The van der Waals surface area contributed by atoms with Crippen LogP contribution in [0.3, 0.4) is 0 Å². The van der Waals surface area contributed by atoms with E-state index in [1.54, 1.807) is 55.3 Å². The molecule has 0 atom stereocenters. The molecule has 0 unspecified atom stereocenters. The molecule has 0 saturated carbocycles. The van der Waals surface area contributed by atoms with Crippen molar-refractivity contribution in [2.24, 2.45) is 0 Å². The molecule has 1 aromatic heterocycles. The fraction of sp³-hybridized carbons (Fsp3) is 0.200. The number of likely N-dealkylation sites (N-methyl/N-ethyl adjacent to an activating group) is 1. The maximum absolute atomic E-state index is 13.6. The fourth-order valence-corrected chi connectivity index (χ4v) is 4.19. The second-order valence-electron chi connectivity index (χ2n) is 8.25. The Hall–Kier alpha value is -3.49. The number of nitrogens with one attached hydrogen (secondary N) is 2. The lowest BCUT2D eigenvalue weighted by Crippen LogP contribution is -2.30. The van der Waals surface area contributed by atoms with Gasteiger partial charge in [-0.2, -0.15) is 4.39 Å². The van der Waals surface area contributed by atoms with Gasteiger partial charge in [0.2, 0.25) is 17.8 Å². The highest BCUT2D eigenvalue weighted by atomic mass is 35.5. The molecule has 1 saturated heterocycles. The summed E-state index contributed by atoms with van der Waals surface area (Å²) < 4.78 is 13.6. The number of benzene rings is 2. The second kappa shape index (κ2) is 10.0. The molecule has 0 aliphatic carbocycles. The zero-order valence-electron chi connectivity index (χ0n) is 19.0. The van der Waals surface area contributed by atoms with Gasteiger partial charge in [0.25, 0.3) is 5.91 Å². The molecule has 7 nitrogen and oxygen atoms in total. The highest BCUT2D eigenvalue weighted by Crippen LogP contribution is 2.27. The van der Waals surface area contributed by atoms with Gasteiger partial charge in [-0.15, -0.1) is 0 Å². The zero-order chi connectivity index (χ0) is 25.3. The van der Waals surface area contributed by atoms with Gasteiger partial charge in [0.1, 0.15) is 6.54 Å². The molecular formula is C25H22Cl2FN5O2. The van der Waals surface area contributed by atoms with Crippen molar-refractivity contribution in [1.29, 1.82) is 5.41 Å². The fourth-order valence-electron chi connectivity index (χ4n) is 3.87. The number of aryl methyl sites for hydroxylation is 1. The van der Waals surface area contributed by atoms with Crippen molar-refractivity contribution in [3.63, 3.8) is 0 Å². The molecule has 2 N–H and O–H groups in total. The van der Waals surface area contributed by atoms with Crippen molar-refractivity contribution in [3.8, 4) is 11.1 Å². The Morgan fingerprint density at radius 3 is 2.54 bits per heavy atom. The van der Waals surface area contributed by atoms with Crippen molar-refractivity contribution in [1.82, 2.24) is 20.1 Å². The smallest absolute Gasteiger partial charge is 0.251 e. The van der Waals surface area contributed by atoms with Gasteiger partial charge in [-0.3, -0.25) is 19.9 Å². The third kappa shape index (κ3) is 5.44. The standard InChI is InChI=1S/C25H22Cl2FN5O2/c1-14-19(4-6-22(28)31-14)17-7-16(12-33-13-23(34)32(2)25(33)29)8-18(10-17)24(35)30-11-15-3-5-20(26)21(27)9-15/h3-10,29H,11-13H2,1-2H3,(H,30,35). The minimum atomic E-state index is -0.589. The summed E-state index contributed by atoms with van der Waals surface area (Å²) in [5.74, 6) is -0.999. The van der Waals surface area contributed by atoms with Crippen LogP contribution in [-0.2, 0) is 17.9 Å². The number of nitrogens with zero attached hydrogens (tertiary/aromatic N) is 3. The maximum atomic E-state index is 13.6. The van der Waals surface area contributed by atoms with Gasteiger partial charge in [-0.1, -0.05) is 29.3 Å². The zero-order valence-corrected chi connectivity index (χ0v) is 20.5. The summed E-state index contributed by atoms with van der Waals surface area (Å²) in [7, 11) is 1.55. The predicted molar refractivity (Wildman–Crippen MR) is 133 cm³/mol. The molecule has 2 heterocycles. The number of hydrogen-bond donors (Lipinski definition) is 2. The second-order valence-corrected chi connectivity index (χ2v) is 9.06. The Balaban J connectivity index is 1.65. The summed E-state index contributed by atoms with van der Waals surface area (Å²) in [5.41, 5.74) is 3.72. The first-order valence-electron chi connectivity index (χ1n) is 10.7. The van der Waals surface area contributed by atoms with E-state index in [9.17, 15) is 14.0 Å². The average molecular weight is 514 g/mol. The van der Waals surface area contributed by atoms with Crippen molar-refractivity contribution >= 4 is 41.0 Å². The lowest BCUT2D eigenvalue weighted by molar-refractivity contribution is -0.124. The molecule has 4 rings (SSSR count). The Labute approximate surface area is 212 Å². The Bertz CT molecular complexity index is 1350. The molecule has 0 spiro atoms. The van der Waals surface area contributed by atoms with Crippen LogP contribution in [0, 0.1) is 18.3 Å². The highest BCUT2D eigenvalue weighted by molar-refractivity contribution is 6.42. The number of amides is 2. The third-order valence-electron chi connectivity index (χ3n) is 5.75. The van der Waals surface area contributed by atoms with Crippen LogP contribution in [0.25, 0.3) is 11.1 Å². The van der Waals surface area contributed by atoms with Crippen molar-refractivity contribution in [2.75, 3.05) is 13.6 Å². The minimum absolute atomic E-state index is 0.0789. The van der Waals surface area contributed by atoms with E-state index in [-0.39, 0.29) is 37.4 Å². The number of aromatic nitrogens is 1. The van der Waals surface area contributed by atoms with E-state index in [0.717, 1.165) is 11.1 Å². The van der Waals surface area contributed by atoms with E-state index < -0.39 is 5.95 Å². The number of hydrogen-bond acceptors (Lipinski definition) is 4. The summed E-state index contributed by atoms with van der Waals surface area (Å²) in [4.78, 5) is 31.9. The molecule has 1 fully saturated rings. The third-order valence-corrected chi connectivity index (χ3v) is 6.48. The van der Waals surface area contributed by atoms with E-state index in [0.29, 0.717) is 32.4 Å². The van der Waals surface area contributed by atoms with Crippen LogP contribution in [0.4, 0.5) is 4.39 Å². The molecule has 0 bridgehead atoms. The van der Waals surface area contributed by atoms with Crippen molar-refractivity contribution < 1.29 is 14.0 Å². The van der Waals surface area contributed by atoms with Crippen LogP contribution >= 0.6 is 23.2 Å². The summed E-state index contributed by atoms with van der Waals surface area (Å²) in [6.45, 7) is 2.26. The van der Waals surface area contributed by atoms with Gasteiger partial charge in [-0.25, -0.2) is 4.98 Å². The van der Waals surface area contributed by atoms with Crippen LogP contribution in [-0.4, -0.2) is 46.2 Å². The topological polar surface area (TPSA) is 89.4 Å². The first-order valence-corrected chi connectivity index (χ1v) is 11.5. The van der Waals surface area contributed by atoms with Gasteiger partial charge < -0.3 is 10.2 Å². The van der Waals surface area contributed by atoms with E-state index in [1.807, 2.05) is 6.07 Å². The van der Waals surface area contributed by atoms with Crippen LogP contribution in [0.5, 0.6) is 0 Å². The molecule has 10 heteroatoms. The first-order chi connectivity index (χ1) is 16.6. The average Bonchev–Trinajstić information content (AvgIpc) is 3.05. The molecule has 1 aliphatic rings. The van der Waals surface area contributed by atoms with Crippen LogP contribution in [0.15, 0.2) is 48.5 Å². The van der Waals surface area contributed by atoms with Gasteiger partial charge in [0, 0.05) is 37.0 Å². The summed E-state index contributed by atoms with van der Waals surface area (Å²) in [5, 5.41) is 11.9. The van der Waals surface area contributed by atoms with Crippen LogP contribution in [0.1, 0.15) is 27.2 Å². The molecule has 35 heavy (non-hydrogen) atoms. The largest absolute Gasteiger partial charge is 0.348 e. The van der Waals surface area contributed by atoms with Crippen molar-refractivity contribution in [3.05, 3.63) is 86.9 Å². The Kier molecular flexibility index (Phi) is 7.05. The number of carbonyl (C=O) groups is 2. The quantitative estimate of drug-likeness (QED) is 0.469. The summed E-state index contributed by atoms with van der Waals surface area (Å²) >= 11 is 12.0. The first kappa shape index (κ1) is 24.6. The van der Waals surface area contributed by atoms with E-state index in [4.69, 9.17) is 28.6 Å². The molecule has 1 aliphatic heterocycles. The monoisotopic (exact) mass is 513 g/mol. The number of rotatable bonds is 6. The van der Waals surface area contributed by atoms with E-state index in [2.05, 4.69) is 10.3 Å². The molecule has 2 amide bonds. The molecule has 3 aromatic rings. The SMILES string of the molecule is Cc1nc(F)ccc1-c1cc(CN2CC(=O)N(C)C2=N)cc(C(=O)NCc2ccc(Cl)c(Cl)c2)c1. The molecule has 0 radical (unpaired) electrons. The van der Waals surface area contributed by atoms with Gasteiger partial charge in [0.15, 0.2) is 0 Å². The van der Waals surface area contributed by atoms with Crippen LogP contribution < -0.4 is 5.32 Å². The lowest BCUT2D eigenvalue weighted by Gasteiger charge is -2.19. The van der Waals surface area contributed by atoms with E-state index >= 15 is 0 Å². The lowest BCUT2D eigenvalue weighted by atomic mass is 9.98. The van der Waals surface area contributed by atoms with Crippen molar-refractivity contribution in [2.45, 2.75) is 20.0 Å². The predicted octanol–water partition coefficient (Wildman–Crippen LogP) is 4.64. The number of carbonyl (C=O) groups excluding carboxylic acids is 2. The van der Waals surface area contributed by atoms with Gasteiger partial charge in [-0.05, 0) is 66.1 Å². The number of halogens is 3.